The van der Waals surface area contributed by atoms with Gasteiger partial charge >= 0.3 is 35.5 Å². The molecule has 128 valence electrons. The van der Waals surface area contributed by atoms with Crippen LogP contribution in [0.4, 0.5) is 0 Å². The third-order valence-electron chi connectivity index (χ3n) is 4.25. The van der Waals surface area contributed by atoms with Crippen molar-refractivity contribution < 1.29 is 59.5 Å². The number of fused-ring (bicyclic) bond motifs is 1. The smallest absolute Gasteiger partial charge is 0.872 e. The summed E-state index contributed by atoms with van der Waals surface area (Å²) in [5, 5.41) is 40.9. The first-order valence-corrected chi connectivity index (χ1v) is 8.08. The molecule has 0 radical (unpaired) electrons. The number of unbranched alkanes of at least 4 members (excludes halogenated alkanes) is 4. The number of ether oxygens (including phenoxy) is 1. The van der Waals surface area contributed by atoms with E-state index in [4.69, 9.17) is 9.84 Å². The maximum Gasteiger partial charge on any atom is 1.00 e. The molecule has 2 unspecified atom stereocenters. The fourth-order valence-corrected chi connectivity index (χ4v) is 3.05. The Morgan fingerprint density at radius 1 is 1.33 bits per heavy atom. The molecule has 2 rings (SSSR count). The monoisotopic (exact) mass is 346 g/mol. The predicted molar refractivity (Wildman–Crippen MR) is 81.4 cm³/mol. The maximum absolute atomic E-state index is 11.8. The van der Waals surface area contributed by atoms with E-state index >= 15 is 0 Å². The van der Waals surface area contributed by atoms with E-state index in [0.29, 0.717) is 12.0 Å². The first-order valence-electron chi connectivity index (χ1n) is 8.08. The molecule has 3 N–H and O–H groups in total. The zero-order valence-electron chi connectivity index (χ0n) is 14.2. The van der Waals surface area contributed by atoms with Crippen molar-refractivity contribution in [2.24, 2.45) is 0 Å². The Labute approximate surface area is 163 Å². The first kappa shape index (κ1) is 21.3. The average Bonchev–Trinajstić information content (AvgIpc) is 2.45. The maximum atomic E-state index is 11.8. The van der Waals surface area contributed by atoms with Crippen LogP contribution < -0.4 is 34.7 Å². The topological polar surface area (TPSA) is 110 Å². The average molecular weight is 346 g/mol. The second-order valence-corrected chi connectivity index (χ2v) is 5.99. The zero-order chi connectivity index (χ0) is 17.0. The van der Waals surface area contributed by atoms with E-state index in [1.54, 1.807) is 0 Å². The van der Waals surface area contributed by atoms with Gasteiger partial charge in [-0.05, 0) is 18.4 Å². The van der Waals surface area contributed by atoms with Crippen molar-refractivity contribution in [2.75, 3.05) is 0 Å². The van der Waals surface area contributed by atoms with Crippen molar-refractivity contribution in [3.63, 3.8) is 0 Å². The van der Waals surface area contributed by atoms with Crippen molar-refractivity contribution in [3.05, 3.63) is 22.8 Å². The number of aromatic hydroxyl groups is 1. The number of benzene rings is 1. The van der Waals surface area contributed by atoms with Gasteiger partial charge in [-0.15, -0.1) is 0 Å². The Kier molecular flexibility index (Phi) is 8.53. The molecule has 1 aromatic rings. The van der Waals surface area contributed by atoms with Crippen molar-refractivity contribution in [1.82, 2.24) is 0 Å². The van der Waals surface area contributed by atoms with Crippen molar-refractivity contribution in [3.8, 4) is 11.5 Å². The standard InChI is InChI=1S/C17H24O6.Na/c1-2-3-4-5-6-7-11-8-10-9-12(18)14(16(20)21)15(19)13(10)17(22)23-11;/h9,11,17-19,22H,2-8H2,1H3,(H,20,21);/q;+1/p-1. The molecule has 1 aliphatic heterocycles. The molecular formula is C17H23NaO6. The fraction of sp³-hybridized carbons (Fsp3) is 0.588. The largest absolute Gasteiger partial charge is 1.00 e. The third kappa shape index (κ3) is 4.86. The number of aliphatic hydroxyl groups excluding tert-OH is 1. The summed E-state index contributed by atoms with van der Waals surface area (Å²) in [6, 6.07) is 1.19. The molecule has 0 aromatic heterocycles. The molecule has 0 aliphatic carbocycles. The second kappa shape index (κ2) is 9.63. The minimum Gasteiger partial charge on any atom is -0.872 e. The summed E-state index contributed by atoms with van der Waals surface area (Å²) in [5.41, 5.74) is -0.247. The first-order chi connectivity index (χ1) is 11.0. The predicted octanol–water partition coefficient (Wildman–Crippen LogP) is -0.539. The van der Waals surface area contributed by atoms with E-state index < -0.39 is 29.3 Å². The van der Waals surface area contributed by atoms with E-state index in [1.807, 2.05) is 0 Å². The number of aliphatic hydroxyl groups is 1. The van der Waals surface area contributed by atoms with Gasteiger partial charge in [-0.25, -0.2) is 4.79 Å². The van der Waals surface area contributed by atoms with E-state index in [2.05, 4.69) is 6.92 Å². The van der Waals surface area contributed by atoms with E-state index in [1.165, 1.54) is 18.9 Å². The quantitative estimate of drug-likeness (QED) is 0.452. The third-order valence-corrected chi connectivity index (χ3v) is 4.25. The Balaban J connectivity index is 0.00000288. The molecule has 0 fully saturated rings. The molecule has 1 heterocycles. The van der Waals surface area contributed by atoms with Crippen LogP contribution in [0.2, 0.25) is 0 Å². The van der Waals surface area contributed by atoms with Gasteiger partial charge in [0.1, 0.15) is 5.75 Å². The Bertz CT molecular complexity index is 575. The molecule has 0 spiro atoms. The zero-order valence-corrected chi connectivity index (χ0v) is 16.2. The van der Waals surface area contributed by atoms with Crippen LogP contribution in [0.5, 0.6) is 11.5 Å². The molecular weight excluding hydrogens is 323 g/mol. The summed E-state index contributed by atoms with van der Waals surface area (Å²) >= 11 is 0. The number of hydrogen-bond donors (Lipinski definition) is 3. The number of carboxylic acid groups (broad SMARTS) is 1. The summed E-state index contributed by atoms with van der Waals surface area (Å²) in [6.07, 6.45) is 5.11. The molecule has 0 saturated carbocycles. The van der Waals surface area contributed by atoms with Crippen LogP contribution in [0.15, 0.2) is 6.07 Å². The summed E-state index contributed by atoms with van der Waals surface area (Å²) in [4.78, 5) is 11.0. The number of rotatable bonds is 7. The van der Waals surface area contributed by atoms with Crippen LogP contribution in [0, 0.1) is 0 Å². The van der Waals surface area contributed by atoms with E-state index in [0.717, 1.165) is 25.7 Å². The molecule has 0 bridgehead atoms. The minimum absolute atomic E-state index is 0. The van der Waals surface area contributed by atoms with E-state index in [9.17, 15) is 20.1 Å². The number of carboxylic acids is 1. The van der Waals surface area contributed by atoms with Crippen LogP contribution in [0.1, 0.15) is 73.2 Å². The van der Waals surface area contributed by atoms with Gasteiger partial charge in [0.15, 0.2) is 6.29 Å². The van der Waals surface area contributed by atoms with Crippen molar-refractivity contribution >= 4 is 5.97 Å². The van der Waals surface area contributed by atoms with Gasteiger partial charge < -0.3 is 25.2 Å². The Morgan fingerprint density at radius 3 is 2.62 bits per heavy atom. The van der Waals surface area contributed by atoms with Gasteiger partial charge in [0.25, 0.3) is 0 Å². The number of aromatic carboxylic acids is 1. The normalized spacial score (nSPS) is 19.4. The molecule has 0 amide bonds. The number of hydrogen-bond acceptors (Lipinski definition) is 5. The van der Waals surface area contributed by atoms with Gasteiger partial charge in [-0.1, -0.05) is 50.8 Å². The van der Waals surface area contributed by atoms with Crippen LogP contribution in [-0.4, -0.2) is 27.4 Å². The molecule has 6 nitrogen and oxygen atoms in total. The van der Waals surface area contributed by atoms with E-state index in [-0.39, 0.29) is 41.2 Å². The van der Waals surface area contributed by atoms with Gasteiger partial charge in [0, 0.05) is 0 Å². The summed E-state index contributed by atoms with van der Waals surface area (Å²) < 4.78 is 5.48. The summed E-state index contributed by atoms with van der Waals surface area (Å²) in [7, 11) is 0. The van der Waals surface area contributed by atoms with Crippen molar-refractivity contribution in [2.45, 2.75) is 64.3 Å². The minimum atomic E-state index is -1.51. The SMILES string of the molecule is CCCCCCCC1Cc2cc([O-])c(C(=O)O)c(O)c2C(O)O1.[Na+]. The summed E-state index contributed by atoms with van der Waals surface area (Å²) in [5.74, 6) is -2.95. The molecule has 2 atom stereocenters. The fourth-order valence-electron chi connectivity index (χ4n) is 3.05. The molecule has 1 aromatic carbocycles. The molecule has 24 heavy (non-hydrogen) atoms. The number of phenols is 1. The van der Waals surface area contributed by atoms with Crippen LogP contribution >= 0.6 is 0 Å². The van der Waals surface area contributed by atoms with Crippen LogP contribution in [-0.2, 0) is 11.2 Å². The van der Waals surface area contributed by atoms with Crippen LogP contribution in [0.25, 0.3) is 0 Å². The molecule has 1 aliphatic rings. The Hall–Kier alpha value is -0.790. The van der Waals surface area contributed by atoms with Crippen LogP contribution in [0.3, 0.4) is 0 Å². The second-order valence-electron chi connectivity index (χ2n) is 5.99. The van der Waals surface area contributed by atoms with Gasteiger partial charge in [0.05, 0.1) is 17.2 Å². The number of carbonyl (C=O) groups is 1. The summed E-state index contributed by atoms with van der Waals surface area (Å²) in [6.45, 7) is 2.15. The Morgan fingerprint density at radius 2 is 2.00 bits per heavy atom. The molecule has 0 saturated heterocycles. The van der Waals surface area contributed by atoms with Gasteiger partial charge in [0.2, 0.25) is 0 Å². The van der Waals surface area contributed by atoms with Crippen molar-refractivity contribution in [1.29, 1.82) is 0 Å². The van der Waals surface area contributed by atoms with Gasteiger partial charge in [-0.2, -0.15) is 0 Å². The molecule has 7 heteroatoms. The van der Waals surface area contributed by atoms with Gasteiger partial charge in [-0.3, -0.25) is 0 Å².